The van der Waals surface area contributed by atoms with Crippen molar-refractivity contribution in [1.82, 2.24) is 9.97 Å². The van der Waals surface area contributed by atoms with Crippen LogP contribution in [-0.2, 0) is 0 Å². The minimum atomic E-state index is -0.322. The van der Waals surface area contributed by atoms with Crippen LogP contribution in [0.3, 0.4) is 0 Å². The number of hydrogen-bond donors (Lipinski definition) is 2. The molecule has 0 unspecified atom stereocenters. The Morgan fingerprint density at radius 1 is 1.26 bits per heavy atom. The number of rotatable bonds is 3. The van der Waals surface area contributed by atoms with E-state index in [1.54, 1.807) is 12.1 Å². The van der Waals surface area contributed by atoms with Gasteiger partial charge in [0.15, 0.2) is 0 Å². The summed E-state index contributed by atoms with van der Waals surface area (Å²) in [5.74, 6) is 0.793. The van der Waals surface area contributed by atoms with Crippen molar-refractivity contribution in [3.8, 4) is 0 Å². The lowest BCUT2D eigenvalue weighted by Gasteiger charge is -2.15. The van der Waals surface area contributed by atoms with E-state index in [4.69, 9.17) is 5.73 Å². The van der Waals surface area contributed by atoms with Crippen LogP contribution in [0.25, 0.3) is 0 Å². The van der Waals surface area contributed by atoms with Gasteiger partial charge in [-0.2, -0.15) is 0 Å². The fraction of sp³-hybridized carbons (Fsp3) is 0.286. The van der Waals surface area contributed by atoms with Crippen LogP contribution in [0.15, 0.2) is 24.5 Å². The van der Waals surface area contributed by atoms with E-state index in [0.29, 0.717) is 17.3 Å². The van der Waals surface area contributed by atoms with Crippen LogP contribution >= 0.6 is 0 Å². The number of hydrogen-bond acceptors (Lipinski definition) is 4. The molecular weight excluding hydrogens is 243 g/mol. The van der Waals surface area contributed by atoms with E-state index in [1.165, 1.54) is 12.4 Å². The second kappa shape index (κ2) is 5.22. The summed E-state index contributed by atoms with van der Waals surface area (Å²) in [6, 6.07) is 4.88. The van der Waals surface area contributed by atoms with Crippen molar-refractivity contribution in [2.75, 3.05) is 11.1 Å². The SMILES string of the molecule is Cc1ccc(F)c(Nc2ncnc(N)c2C(C)C)c1. The topological polar surface area (TPSA) is 63.8 Å². The van der Waals surface area contributed by atoms with Crippen molar-refractivity contribution in [1.29, 1.82) is 0 Å². The number of nitrogen functional groups attached to an aromatic ring is 1. The van der Waals surface area contributed by atoms with Crippen molar-refractivity contribution >= 4 is 17.3 Å². The molecule has 1 aromatic heterocycles. The average molecular weight is 260 g/mol. The maximum absolute atomic E-state index is 13.8. The minimum absolute atomic E-state index is 0.150. The molecule has 19 heavy (non-hydrogen) atoms. The number of anilines is 3. The molecule has 0 radical (unpaired) electrons. The third-order valence-corrected chi connectivity index (χ3v) is 2.87. The molecule has 1 heterocycles. The van der Waals surface area contributed by atoms with Crippen LogP contribution in [-0.4, -0.2) is 9.97 Å². The van der Waals surface area contributed by atoms with Gasteiger partial charge in [0.1, 0.15) is 23.8 Å². The first-order chi connectivity index (χ1) is 8.99. The molecule has 4 nitrogen and oxygen atoms in total. The Balaban J connectivity index is 2.44. The van der Waals surface area contributed by atoms with Crippen LogP contribution < -0.4 is 11.1 Å². The number of nitrogens with two attached hydrogens (primary N) is 1. The standard InChI is InChI=1S/C14H17FN4/c1-8(2)12-13(16)17-7-18-14(12)19-11-6-9(3)4-5-10(11)15/h4-8H,1-3H3,(H3,16,17,18,19). The highest BCUT2D eigenvalue weighted by Gasteiger charge is 2.14. The number of nitrogens with one attached hydrogen (secondary N) is 1. The van der Waals surface area contributed by atoms with Gasteiger partial charge in [-0.3, -0.25) is 0 Å². The molecule has 2 rings (SSSR count). The van der Waals surface area contributed by atoms with E-state index in [1.807, 2.05) is 20.8 Å². The van der Waals surface area contributed by atoms with Gasteiger partial charge < -0.3 is 11.1 Å². The highest BCUT2D eigenvalue weighted by atomic mass is 19.1. The van der Waals surface area contributed by atoms with Gasteiger partial charge >= 0.3 is 0 Å². The fourth-order valence-corrected chi connectivity index (χ4v) is 1.94. The summed E-state index contributed by atoms with van der Waals surface area (Å²) in [5, 5.41) is 3.00. The Labute approximate surface area is 111 Å². The average Bonchev–Trinajstić information content (AvgIpc) is 2.33. The molecular formula is C14H17FN4. The molecule has 0 saturated heterocycles. The summed E-state index contributed by atoms with van der Waals surface area (Å²) in [6.45, 7) is 5.89. The summed E-state index contributed by atoms with van der Waals surface area (Å²) >= 11 is 0. The molecule has 0 aliphatic rings. The maximum atomic E-state index is 13.8. The van der Waals surface area contributed by atoms with Gasteiger partial charge in [-0.15, -0.1) is 0 Å². The van der Waals surface area contributed by atoms with Crippen LogP contribution in [0.5, 0.6) is 0 Å². The summed E-state index contributed by atoms with van der Waals surface area (Å²) < 4.78 is 13.8. The Hall–Kier alpha value is -2.17. The lowest BCUT2D eigenvalue weighted by molar-refractivity contribution is 0.631. The largest absolute Gasteiger partial charge is 0.383 e. The minimum Gasteiger partial charge on any atom is -0.383 e. The Morgan fingerprint density at radius 3 is 2.68 bits per heavy atom. The molecule has 2 aromatic rings. The third-order valence-electron chi connectivity index (χ3n) is 2.87. The predicted molar refractivity (Wildman–Crippen MR) is 75.0 cm³/mol. The summed E-state index contributed by atoms with van der Waals surface area (Å²) in [6.07, 6.45) is 1.37. The maximum Gasteiger partial charge on any atom is 0.146 e. The van der Waals surface area contributed by atoms with Gasteiger partial charge in [0.2, 0.25) is 0 Å². The van der Waals surface area contributed by atoms with Gasteiger partial charge in [-0.1, -0.05) is 19.9 Å². The van der Waals surface area contributed by atoms with E-state index < -0.39 is 0 Å². The summed E-state index contributed by atoms with van der Waals surface area (Å²) in [4.78, 5) is 8.13. The molecule has 0 aliphatic carbocycles. The van der Waals surface area contributed by atoms with E-state index in [0.717, 1.165) is 11.1 Å². The molecule has 0 bridgehead atoms. The molecule has 3 N–H and O–H groups in total. The molecule has 0 spiro atoms. The third kappa shape index (κ3) is 2.81. The van der Waals surface area contributed by atoms with Crippen molar-refractivity contribution < 1.29 is 4.39 Å². The van der Waals surface area contributed by atoms with E-state index >= 15 is 0 Å². The Morgan fingerprint density at radius 2 is 2.00 bits per heavy atom. The quantitative estimate of drug-likeness (QED) is 0.888. The van der Waals surface area contributed by atoms with Crippen LogP contribution in [0.1, 0.15) is 30.9 Å². The van der Waals surface area contributed by atoms with Gasteiger partial charge in [-0.05, 0) is 30.5 Å². The lowest BCUT2D eigenvalue weighted by atomic mass is 10.0. The zero-order chi connectivity index (χ0) is 14.0. The molecule has 0 atom stereocenters. The first kappa shape index (κ1) is 13.3. The van der Waals surface area contributed by atoms with Crippen molar-refractivity contribution in [2.45, 2.75) is 26.7 Å². The van der Waals surface area contributed by atoms with Gasteiger partial charge in [0.05, 0.1) is 5.69 Å². The highest BCUT2D eigenvalue weighted by molar-refractivity contribution is 5.65. The van der Waals surface area contributed by atoms with Gasteiger partial charge in [0, 0.05) is 5.56 Å². The molecule has 0 saturated carbocycles. The van der Waals surface area contributed by atoms with Crippen molar-refractivity contribution in [3.63, 3.8) is 0 Å². The molecule has 0 amide bonds. The molecule has 5 heteroatoms. The zero-order valence-corrected chi connectivity index (χ0v) is 11.2. The first-order valence-corrected chi connectivity index (χ1v) is 6.12. The number of nitrogens with zero attached hydrogens (tertiary/aromatic N) is 2. The van der Waals surface area contributed by atoms with Gasteiger partial charge in [0.25, 0.3) is 0 Å². The molecule has 0 aliphatic heterocycles. The second-order valence-electron chi connectivity index (χ2n) is 4.78. The normalized spacial score (nSPS) is 10.8. The fourth-order valence-electron chi connectivity index (χ4n) is 1.94. The Kier molecular flexibility index (Phi) is 3.64. The summed E-state index contributed by atoms with van der Waals surface area (Å²) in [5.41, 5.74) is 8.01. The second-order valence-corrected chi connectivity index (χ2v) is 4.78. The highest BCUT2D eigenvalue weighted by Crippen LogP contribution is 2.29. The van der Waals surface area contributed by atoms with Crippen LogP contribution in [0.4, 0.5) is 21.7 Å². The molecule has 0 fully saturated rings. The number of halogens is 1. The zero-order valence-electron chi connectivity index (χ0n) is 11.2. The summed E-state index contributed by atoms with van der Waals surface area (Å²) in [7, 11) is 0. The van der Waals surface area contributed by atoms with E-state index in [9.17, 15) is 4.39 Å². The molecule has 1 aromatic carbocycles. The predicted octanol–water partition coefficient (Wildman–Crippen LogP) is 3.37. The number of aromatic nitrogens is 2. The van der Waals surface area contributed by atoms with Gasteiger partial charge in [-0.25, -0.2) is 14.4 Å². The van der Waals surface area contributed by atoms with Crippen molar-refractivity contribution in [2.24, 2.45) is 0 Å². The number of aryl methyl sites for hydroxylation is 1. The van der Waals surface area contributed by atoms with Crippen LogP contribution in [0, 0.1) is 12.7 Å². The monoisotopic (exact) mass is 260 g/mol. The van der Waals surface area contributed by atoms with Crippen LogP contribution in [0.2, 0.25) is 0 Å². The van der Waals surface area contributed by atoms with E-state index in [2.05, 4.69) is 15.3 Å². The number of benzene rings is 1. The smallest absolute Gasteiger partial charge is 0.146 e. The lowest BCUT2D eigenvalue weighted by Crippen LogP contribution is -2.07. The van der Waals surface area contributed by atoms with Crippen molar-refractivity contribution in [3.05, 3.63) is 41.5 Å². The van der Waals surface area contributed by atoms with E-state index in [-0.39, 0.29) is 11.7 Å². The molecule has 100 valence electrons. The Bertz CT molecular complexity index is 596. The first-order valence-electron chi connectivity index (χ1n) is 6.12.